The van der Waals surface area contributed by atoms with Crippen molar-refractivity contribution >= 4 is 30.1 Å². The van der Waals surface area contributed by atoms with Gasteiger partial charge in [0.2, 0.25) is 10.0 Å². The van der Waals surface area contributed by atoms with E-state index in [1.807, 2.05) is 0 Å². The highest BCUT2D eigenvalue weighted by atomic mass is 32.3. The van der Waals surface area contributed by atoms with E-state index >= 15 is 8.78 Å². The molecule has 0 N–H and O–H groups in total. The summed E-state index contributed by atoms with van der Waals surface area (Å²) in [7, 11) is -19.2. The van der Waals surface area contributed by atoms with Gasteiger partial charge in [0.05, 0.1) is 25.5 Å². The monoisotopic (exact) mass is 630 g/mol. The quantitative estimate of drug-likeness (QED) is 0.401. The lowest BCUT2D eigenvalue weighted by atomic mass is 10.1. The Hall–Kier alpha value is -1.51. The normalized spacial score (nSPS) is 23.4. The van der Waals surface area contributed by atoms with E-state index in [2.05, 4.69) is 0 Å². The van der Waals surface area contributed by atoms with Gasteiger partial charge in [-0.05, 0) is 18.4 Å². The summed E-state index contributed by atoms with van der Waals surface area (Å²) in [6.45, 7) is -1.49. The van der Waals surface area contributed by atoms with Gasteiger partial charge in [0.1, 0.15) is 0 Å². The molecule has 1 atom stereocenters. The number of nitrogens with zero attached hydrogens (tertiary/aromatic N) is 2. The number of sulfonamides is 3. The van der Waals surface area contributed by atoms with Crippen molar-refractivity contribution < 1.29 is 61.1 Å². The van der Waals surface area contributed by atoms with Gasteiger partial charge in [-0.15, -0.1) is 0 Å². The van der Waals surface area contributed by atoms with Gasteiger partial charge in [-0.3, -0.25) is 0 Å². The number of rotatable bonds is 8. The molecular formula is C20H24F6N2O8S3. The van der Waals surface area contributed by atoms with Gasteiger partial charge < -0.3 is 9.47 Å². The Morgan fingerprint density at radius 3 is 1.95 bits per heavy atom. The first-order valence-corrected chi connectivity index (χ1v) is 16.2. The molecule has 222 valence electrons. The van der Waals surface area contributed by atoms with Crippen LogP contribution in [0.2, 0.25) is 0 Å². The molecule has 1 aliphatic carbocycles. The van der Waals surface area contributed by atoms with E-state index in [0.717, 1.165) is 6.07 Å². The van der Waals surface area contributed by atoms with Crippen molar-refractivity contribution in [3.8, 4) is 0 Å². The Kier molecular flexibility index (Phi) is 7.43. The van der Waals surface area contributed by atoms with Crippen LogP contribution in [0.5, 0.6) is 0 Å². The number of fused-ring (bicyclic) bond motifs is 2. The maximum Gasteiger partial charge on any atom is 0.429 e. The molecule has 2 fully saturated rings. The summed E-state index contributed by atoms with van der Waals surface area (Å²) in [6.07, 6.45) is -0.386. The van der Waals surface area contributed by atoms with Gasteiger partial charge >= 0.3 is 16.4 Å². The number of hydrogen-bond donors (Lipinski definition) is 0. The standard InChI is InChI=1S/C20H24F6N2O8S3/c1-37(29,30)28(16-13-17(35-11-12-36-17)15-8-4-3-7-14(15)16)39(33,34)20(25,26)18(21,22)19(23,24)38(31,32)27-9-5-2-6-10-27/h3-4,7-8,16H,2,5-6,9-13H2,1H3. The van der Waals surface area contributed by atoms with Gasteiger partial charge in [0.25, 0.3) is 20.0 Å². The molecule has 0 saturated carbocycles. The first-order chi connectivity index (χ1) is 17.8. The second-order valence-corrected chi connectivity index (χ2v) is 15.2. The number of hydrogen-bond acceptors (Lipinski definition) is 8. The fourth-order valence-electron chi connectivity index (χ4n) is 4.98. The molecule has 0 radical (unpaired) electrons. The summed E-state index contributed by atoms with van der Waals surface area (Å²) in [6, 6.07) is 2.91. The molecule has 1 aromatic carbocycles. The molecule has 2 heterocycles. The number of benzene rings is 1. The lowest BCUT2D eigenvalue weighted by Gasteiger charge is -2.38. The van der Waals surface area contributed by atoms with E-state index in [4.69, 9.17) is 9.47 Å². The van der Waals surface area contributed by atoms with Crippen molar-refractivity contribution in [3.63, 3.8) is 0 Å². The van der Waals surface area contributed by atoms with Crippen LogP contribution in [0.15, 0.2) is 24.3 Å². The van der Waals surface area contributed by atoms with Crippen LogP contribution in [0, 0.1) is 0 Å². The van der Waals surface area contributed by atoms with Crippen LogP contribution < -0.4 is 0 Å². The van der Waals surface area contributed by atoms with Crippen molar-refractivity contribution in [1.82, 2.24) is 8.02 Å². The maximum atomic E-state index is 15.3. The van der Waals surface area contributed by atoms with Crippen molar-refractivity contribution in [2.45, 2.75) is 53.9 Å². The molecule has 1 aromatic rings. The minimum atomic E-state index is -7.27. The maximum absolute atomic E-state index is 15.3. The van der Waals surface area contributed by atoms with Gasteiger partial charge in [-0.2, -0.15) is 30.6 Å². The van der Waals surface area contributed by atoms with Crippen molar-refractivity contribution in [1.29, 1.82) is 0 Å². The minimum Gasteiger partial charge on any atom is -0.343 e. The second kappa shape index (κ2) is 9.52. The van der Waals surface area contributed by atoms with Gasteiger partial charge in [0.15, 0.2) is 5.79 Å². The van der Waals surface area contributed by atoms with Crippen LogP contribution in [0.25, 0.3) is 0 Å². The molecule has 1 spiro atoms. The van der Waals surface area contributed by atoms with E-state index in [1.54, 1.807) is 0 Å². The Balaban J connectivity index is 1.83. The molecule has 1 unspecified atom stereocenters. The molecule has 10 nitrogen and oxygen atoms in total. The highest BCUT2D eigenvalue weighted by Gasteiger charge is 2.84. The van der Waals surface area contributed by atoms with Crippen molar-refractivity contribution in [2.75, 3.05) is 32.6 Å². The number of alkyl halides is 6. The highest BCUT2D eigenvalue weighted by Crippen LogP contribution is 2.57. The lowest BCUT2D eigenvalue weighted by Crippen LogP contribution is -2.65. The van der Waals surface area contributed by atoms with Crippen LogP contribution in [0.1, 0.15) is 42.9 Å². The van der Waals surface area contributed by atoms with Crippen molar-refractivity contribution in [3.05, 3.63) is 35.4 Å². The largest absolute Gasteiger partial charge is 0.429 e. The first kappa shape index (κ1) is 30.4. The molecule has 4 rings (SSSR count). The molecule has 39 heavy (non-hydrogen) atoms. The smallest absolute Gasteiger partial charge is 0.343 e. The average Bonchev–Trinajstić information content (AvgIpc) is 3.44. The summed E-state index contributed by atoms with van der Waals surface area (Å²) in [5, 5.41) is -13.6. The molecule has 0 amide bonds. The lowest BCUT2D eigenvalue weighted by molar-refractivity contribution is -0.246. The topological polar surface area (TPSA) is 127 Å². The summed E-state index contributed by atoms with van der Waals surface area (Å²) in [4.78, 5) is 0. The summed E-state index contributed by atoms with van der Waals surface area (Å²) in [5.74, 6) is -8.92. The van der Waals surface area contributed by atoms with Gasteiger partial charge in [0, 0.05) is 25.1 Å². The number of piperidine rings is 1. The van der Waals surface area contributed by atoms with Crippen molar-refractivity contribution in [2.24, 2.45) is 0 Å². The third kappa shape index (κ3) is 4.39. The minimum absolute atomic E-state index is 0.0180. The second-order valence-electron chi connectivity index (χ2n) is 9.32. The van der Waals surface area contributed by atoms with Crippen LogP contribution >= 0.6 is 0 Å². The van der Waals surface area contributed by atoms with Gasteiger partial charge in [-0.25, -0.2) is 25.3 Å². The molecule has 3 aliphatic rings. The Labute approximate surface area is 221 Å². The highest BCUT2D eigenvalue weighted by molar-refractivity contribution is 8.04. The SMILES string of the molecule is CS(=O)(=O)N(C1CC2(OCCO2)c2ccccc21)S(=O)(=O)C(F)(F)C(F)(F)C(F)(F)S(=O)(=O)N1CCCCC1. The predicted molar refractivity (Wildman–Crippen MR) is 122 cm³/mol. The predicted octanol–water partition coefficient (Wildman–Crippen LogP) is 2.56. The fourth-order valence-corrected chi connectivity index (χ4v) is 10.1. The van der Waals surface area contributed by atoms with Crippen LogP contribution in [0.3, 0.4) is 0 Å². The number of ether oxygens (including phenoxy) is 2. The first-order valence-electron chi connectivity index (χ1n) is 11.5. The summed E-state index contributed by atoms with van der Waals surface area (Å²) < 4.78 is 176. The van der Waals surface area contributed by atoms with E-state index in [-0.39, 0.29) is 47.7 Å². The zero-order chi connectivity index (χ0) is 29.3. The van der Waals surface area contributed by atoms with Crippen LogP contribution in [-0.4, -0.2) is 82.3 Å². The summed E-state index contributed by atoms with van der Waals surface area (Å²) in [5.41, 5.74) is -0.260. The Bertz CT molecular complexity index is 1440. The zero-order valence-electron chi connectivity index (χ0n) is 20.2. The van der Waals surface area contributed by atoms with Gasteiger partial charge in [-0.1, -0.05) is 34.4 Å². The van der Waals surface area contributed by atoms with Crippen LogP contribution in [0.4, 0.5) is 26.3 Å². The molecule has 0 aromatic heterocycles. The third-order valence-electron chi connectivity index (χ3n) is 6.80. The van der Waals surface area contributed by atoms with E-state index < -0.39 is 81.6 Å². The summed E-state index contributed by atoms with van der Waals surface area (Å²) >= 11 is 0. The fraction of sp³-hybridized carbons (Fsp3) is 0.700. The zero-order valence-corrected chi connectivity index (χ0v) is 22.6. The molecule has 19 heteroatoms. The Morgan fingerprint density at radius 1 is 0.872 bits per heavy atom. The molecule has 2 aliphatic heterocycles. The average molecular weight is 631 g/mol. The molecular weight excluding hydrogens is 606 g/mol. The third-order valence-corrected chi connectivity index (χ3v) is 12.7. The number of halogens is 6. The molecule has 0 bridgehead atoms. The van der Waals surface area contributed by atoms with E-state index in [9.17, 15) is 42.8 Å². The van der Waals surface area contributed by atoms with E-state index in [0.29, 0.717) is 6.42 Å². The molecule has 2 saturated heterocycles. The Morgan fingerprint density at radius 2 is 1.41 bits per heavy atom. The van der Waals surface area contributed by atoms with E-state index in [1.165, 1.54) is 18.2 Å². The van der Waals surface area contributed by atoms with Crippen LogP contribution in [-0.2, 0) is 45.3 Å².